The van der Waals surface area contributed by atoms with Gasteiger partial charge in [-0.25, -0.2) is 4.79 Å². The fraction of sp³-hybridized carbons (Fsp3) is 0.217. The summed E-state index contributed by atoms with van der Waals surface area (Å²) < 4.78 is 15.9. The normalized spacial score (nSPS) is 10.5. The largest absolute Gasteiger partial charge is 0.497 e. The zero-order valence-corrected chi connectivity index (χ0v) is 18.9. The molecule has 0 bridgehead atoms. The number of thiophene rings is 1. The van der Waals surface area contributed by atoms with Gasteiger partial charge >= 0.3 is 5.97 Å². The molecular formula is C23H22ClNO5S. The molecule has 0 spiro atoms. The number of benzene rings is 2. The van der Waals surface area contributed by atoms with Gasteiger partial charge in [0.05, 0.1) is 13.7 Å². The van der Waals surface area contributed by atoms with Crippen LogP contribution in [0.4, 0.5) is 5.00 Å². The van der Waals surface area contributed by atoms with Gasteiger partial charge in [0.25, 0.3) is 5.91 Å². The number of rotatable bonds is 8. The number of ether oxygens (including phenoxy) is 3. The molecule has 0 radical (unpaired) electrons. The first kappa shape index (κ1) is 22.7. The summed E-state index contributed by atoms with van der Waals surface area (Å²) in [6.07, 6.45) is 0. The lowest BCUT2D eigenvalue weighted by atomic mass is 10.0. The smallest absolute Gasteiger partial charge is 0.341 e. The molecule has 0 aliphatic rings. The summed E-state index contributed by atoms with van der Waals surface area (Å²) in [7, 11) is 1.58. The third-order valence-electron chi connectivity index (χ3n) is 4.38. The Morgan fingerprint density at radius 3 is 2.29 bits per heavy atom. The van der Waals surface area contributed by atoms with Crippen molar-refractivity contribution in [3.05, 3.63) is 64.0 Å². The number of carbonyl (C=O) groups excluding carboxylic acids is 2. The van der Waals surface area contributed by atoms with Crippen molar-refractivity contribution in [2.75, 3.05) is 25.6 Å². The molecule has 6 nitrogen and oxygen atoms in total. The molecule has 0 aliphatic heterocycles. The van der Waals surface area contributed by atoms with E-state index in [-0.39, 0.29) is 19.1 Å². The Kier molecular flexibility index (Phi) is 7.55. The minimum absolute atomic E-state index is 0.207. The van der Waals surface area contributed by atoms with Crippen LogP contribution in [0.25, 0.3) is 11.1 Å². The Labute approximate surface area is 189 Å². The highest BCUT2D eigenvalue weighted by Gasteiger charge is 2.25. The van der Waals surface area contributed by atoms with Gasteiger partial charge in [-0.3, -0.25) is 4.79 Å². The molecule has 0 aliphatic carbocycles. The highest BCUT2D eigenvalue weighted by molar-refractivity contribution is 7.17. The van der Waals surface area contributed by atoms with Gasteiger partial charge < -0.3 is 19.5 Å². The van der Waals surface area contributed by atoms with Crippen molar-refractivity contribution in [2.45, 2.75) is 13.8 Å². The van der Waals surface area contributed by atoms with Crippen LogP contribution in [0.3, 0.4) is 0 Å². The second-order valence-electron chi connectivity index (χ2n) is 6.48. The molecule has 1 aromatic heterocycles. The van der Waals surface area contributed by atoms with E-state index in [1.165, 1.54) is 11.3 Å². The van der Waals surface area contributed by atoms with Gasteiger partial charge in [0.1, 0.15) is 22.1 Å². The average molecular weight is 460 g/mol. The van der Waals surface area contributed by atoms with Crippen LogP contribution in [0, 0.1) is 6.92 Å². The molecule has 162 valence electrons. The van der Waals surface area contributed by atoms with E-state index in [1.807, 2.05) is 19.1 Å². The van der Waals surface area contributed by atoms with Gasteiger partial charge in [-0.15, -0.1) is 11.3 Å². The molecule has 0 saturated carbocycles. The van der Waals surface area contributed by atoms with Gasteiger partial charge in [-0.2, -0.15) is 0 Å². The predicted octanol–water partition coefficient (Wildman–Crippen LogP) is 5.58. The average Bonchev–Trinajstić information content (AvgIpc) is 3.09. The number of amides is 1. The summed E-state index contributed by atoms with van der Waals surface area (Å²) in [6.45, 7) is 3.64. The summed E-state index contributed by atoms with van der Waals surface area (Å²) >= 11 is 7.31. The number of hydrogen-bond donors (Lipinski definition) is 1. The van der Waals surface area contributed by atoms with Crippen molar-refractivity contribution in [3.63, 3.8) is 0 Å². The zero-order chi connectivity index (χ0) is 22.4. The van der Waals surface area contributed by atoms with Gasteiger partial charge in [0.2, 0.25) is 0 Å². The number of methoxy groups -OCH3 is 1. The number of carbonyl (C=O) groups is 2. The highest BCUT2D eigenvalue weighted by Crippen LogP contribution is 2.40. The van der Waals surface area contributed by atoms with Crippen LogP contribution in [-0.4, -0.2) is 32.2 Å². The quantitative estimate of drug-likeness (QED) is 0.445. The van der Waals surface area contributed by atoms with Gasteiger partial charge in [0, 0.05) is 15.5 Å². The predicted molar refractivity (Wildman–Crippen MR) is 123 cm³/mol. The Balaban J connectivity index is 1.82. The number of anilines is 1. The Morgan fingerprint density at radius 2 is 1.68 bits per heavy atom. The minimum atomic E-state index is -0.497. The molecule has 0 saturated heterocycles. The molecule has 0 fully saturated rings. The van der Waals surface area contributed by atoms with E-state index < -0.39 is 5.97 Å². The first-order chi connectivity index (χ1) is 14.9. The topological polar surface area (TPSA) is 73.9 Å². The first-order valence-electron chi connectivity index (χ1n) is 9.56. The summed E-state index contributed by atoms with van der Waals surface area (Å²) in [6, 6.07) is 14.1. The van der Waals surface area contributed by atoms with Crippen LogP contribution in [0.2, 0.25) is 5.02 Å². The fourth-order valence-corrected chi connectivity index (χ4v) is 4.18. The Bertz CT molecular complexity index is 1060. The summed E-state index contributed by atoms with van der Waals surface area (Å²) in [4.78, 5) is 26.1. The van der Waals surface area contributed by atoms with Gasteiger partial charge in [-0.05, 0) is 55.8 Å². The van der Waals surface area contributed by atoms with Crippen molar-refractivity contribution in [1.82, 2.24) is 0 Å². The number of halogens is 1. The molecule has 0 unspecified atom stereocenters. The molecule has 8 heteroatoms. The van der Waals surface area contributed by atoms with Crippen LogP contribution in [-0.2, 0) is 9.53 Å². The lowest BCUT2D eigenvalue weighted by Gasteiger charge is -2.10. The Morgan fingerprint density at radius 1 is 1.03 bits per heavy atom. The number of nitrogens with one attached hydrogen (secondary N) is 1. The first-order valence-corrected chi connectivity index (χ1v) is 10.8. The summed E-state index contributed by atoms with van der Waals surface area (Å²) in [5.74, 6) is 0.346. The van der Waals surface area contributed by atoms with Crippen LogP contribution >= 0.6 is 22.9 Å². The van der Waals surface area contributed by atoms with Crippen LogP contribution < -0.4 is 14.8 Å². The third kappa shape index (κ3) is 5.57. The van der Waals surface area contributed by atoms with E-state index in [4.69, 9.17) is 25.8 Å². The second kappa shape index (κ2) is 10.3. The van der Waals surface area contributed by atoms with E-state index in [2.05, 4.69) is 5.32 Å². The maximum atomic E-state index is 12.7. The van der Waals surface area contributed by atoms with E-state index in [1.54, 1.807) is 50.4 Å². The van der Waals surface area contributed by atoms with E-state index in [9.17, 15) is 9.59 Å². The van der Waals surface area contributed by atoms with Crippen molar-refractivity contribution >= 4 is 39.8 Å². The molecular weight excluding hydrogens is 438 g/mol. The zero-order valence-electron chi connectivity index (χ0n) is 17.4. The summed E-state index contributed by atoms with van der Waals surface area (Å²) in [5.41, 5.74) is 1.85. The van der Waals surface area contributed by atoms with Gasteiger partial charge in [-0.1, -0.05) is 23.7 Å². The monoisotopic (exact) mass is 459 g/mol. The van der Waals surface area contributed by atoms with Crippen LogP contribution in [0.1, 0.15) is 22.2 Å². The molecule has 2 aromatic carbocycles. The molecule has 0 atom stereocenters. The maximum Gasteiger partial charge on any atom is 0.341 e. The van der Waals surface area contributed by atoms with Crippen molar-refractivity contribution < 1.29 is 23.8 Å². The SMILES string of the molecule is CCOC(=O)c1c(NC(=O)COc2ccc(OC)cc2)sc(C)c1-c1ccc(Cl)cc1. The number of aryl methyl sites for hydroxylation is 1. The van der Waals surface area contributed by atoms with E-state index >= 15 is 0 Å². The minimum Gasteiger partial charge on any atom is -0.497 e. The number of esters is 1. The van der Waals surface area contributed by atoms with Crippen LogP contribution in [0.5, 0.6) is 11.5 Å². The lowest BCUT2D eigenvalue weighted by molar-refractivity contribution is -0.118. The number of hydrogen-bond acceptors (Lipinski definition) is 6. The highest BCUT2D eigenvalue weighted by atomic mass is 35.5. The lowest BCUT2D eigenvalue weighted by Crippen LogP contribution is -2.21. The molecule has 1 heterocycles. The Hall–Kier alpha value is -3.03. The second-order valence-corrected chi connectivity index (χ2v) is 8.14. The van der Waals surface area contributed by atoms with Crippen molar-refractivity contribution in [1.29, 1.82) is 0 Å². The molecule has 1 N–H and O–H groups in total. The van der Waals surface area contributed by atoms with Crippen molar-refractivity contribution in [3.8, 4) is 22.6 Å². The molecule has 3 aromatic rings. The van der Waals surface area contributed by atoms with E-state index in [0.29, 0.717) is 32.6 Å². The molecule has 31 heavy (non-hydrogen) atoms. The standard InChI is InChI=1S/C23H22ClNO5S/c1-4-29-23(27)21-20(15-5-7-16(24)8-6-15)14(2)31-22(21)25-19(26)13-30-18-11-9-17(28-3)10-12-18/h5-12H,4,13H2,1-3H3,(H,25,26). The maximum absolute atomic E-state index is 12.7. The molecule has 3 rings (SSSR count). The third-order valence-corrected chi connectivity index (χ3v) is 5.65. The summed E-state index contributed by atoms with van der Waals surface area (Å²) in [5, 5.41) is 3.80. The molecule has 1 amide bonds. The van der Waals surface area contributed by atoms with Crippen molar-refractivity contribution in [2.24, 2.45) is 0 Å². The fourth-order valence-electron chi connectivity index (χ4n) is 2.98. The van der Waals surface area contributed by atoms with Gasteiger partial charge in [0.15, 0.2) is 6.61 Å². The van der Waals surface area contributed by atoms with E-state index in [0.717, 1.165) is 10.4 Å². The van der Waals surface area contributed by atoms with Crippen LogP contribution in [0.15, 0.2) is 48.5 Å².